The second-order valence-corrected chi connectivity index (χ2v) is 8.10. The van der Waals surface area contributed by atoms with E-state index in [1.165, 1.54) is 5.56 Å². The van der Waals surface area contributed by atoms with Crippen LogP contribution in [-0.2, 0) is 11.3 Å². The highest BCUT2D eigenvalue weighted by Crippen LogP contribution is 2.24. The Labute approximate surface area is 178 Å². The summed E-state index contributed by atoms with van der Waals surface area (Å²) < 4.78 is 0. The fraction of sp³-hybridized carbons (Fsp3) is 0.320. The molecule has 4 rings (SSSR count). The topological polar surface area (TPSA) is 49.3 Å². The smallest absolute Gasteiger partial charge is 0.227 e. The van der Waals surface area contributed by atoms with Crippen molar-refractivity contribution in [1.82, 2.24) is 14.9 Å². The van der Waals surface area contributed by atoms with Crippen molar-refractivity contribution in [2.24, 2.45) is 5.92 Å². The summed E-state index contributed by atoms with van der Waals surface area (Å²) in [5.74, 6) is 0.877. The molecule has 5 nitrogen and oxygen atoms in total. The summed E-state index contributed by atoms with van der Waals surface area (Å²) in [6, 6.07) is 18.5. The zero-order chi connectivity index (χ0) is 20.9. The SMILES string of the molecule is Cc1ccc(-c2cnc(N3CCC[C@@H](C(=O)N(C)Cc4ccccc4)C3)nc2)cc1. The number of aryl methyl sites for hydroxylation is 1. The molecule has 2 aromatic carbocycles. The Morgan fingerprint density at radius 1 is 1.03 bits per heavy atom. The molecule has 1 saturated heterocycles. The van der Waals surface area contributed by atoms with Gasteiger partial charge in [0.05, 0.1) is 5.92 Å². The molecule has 0 N–H and O–H groups in total. The molecule has 30 heavy (non-hydrogen) atoms. The Hall–Kier alpha value is -3.21. The number of nitrogens with zero attached hydrogens (tertiary/aromatic N) is 4. The molecule has 2 heterocycles. The maximum atomic E-state index is 13.0. The van der Waals surface area contributed by atoms with E-state index >= 15 is 0 Å². The van der Waals surface area contributed by atoms with Gasteiger partial charge in [0.15, 0.2) is 0 Å². The van der Waals surface area contributed by atoms with E-state index in [-0.39, 0.29) is 11.8 Å². The fourth-order valence-electron chi connectivity index (χ4n) is 3.99. The van der Waals surface area contributed by atoms with Crippen LogP contribution in [0.25, 0.3) is 11.1 Å². The molecule has 5 heteroatoms. The molecular formula is C25H28N4O. The van der Waals surface area contributed by atoms with Gasteiger partial charge in [0, 0.05) is 44.6 Å². The van der Waals surface area contributed by atoms with Gasteiger partial charge in [-0.1, -0.05) is 60.2 Å². The monoisotopic (exact) mass is 400 g/mol. The van der Waals surface area contributed by atoms with Gasteiger partial charge in [0.25, 0.3) is 0 Å². The van der Waals surface area contributed by atoms with Crippen molar-refractivity contribution in [3.05, 3.63) is 78.1 Å². The third-order valence-corrected chi connectivity index (χ3v) is 5.72. The van der Waals surface area contributed by atoms with Crippen molar-refractivity contribution in [3.63, 3.8) is 0 Å². The Kier molecular flexibility index (Phi) is 6.07. The normalized spacial score (nSPS) is 16.3. The molecule has 1 fully saturated rings. The highest BCUT2D eigenvalue weighted by atomic mass is 16.2. The lowest BCUT2D eigenvalue weighted by Gasteiger charge is -2.34. The fourth-order valence-corrected chi connectivity index (χ4v) is 3.99. The lowest BCUT2D eigenvalue weighted by atomic mass is 9.96. The van der Waals surface area contributed by atoms with E-state index in [4.69, 9.17) is 0 Å². The van der Waals surface area contributed by atoms with Gasteiger partial charge in [0.1, 0.15) is 0 Å². The Bertz CT molecular complexity index is 970. The molecule has 0 bridgehead atoms. The second kappa shape index (κ2) is 9.08. The van der Waals surface area contributed by atoms with Crippen LogP contribution in [0.2, 0.25) is 0 Å². The number of piperidine rings is 1. The van der Waals surface area contributed by atoms with Gasteiger partial charge in [-0.3, -0.25) is 4.79 Å². The number of benzene rings is 2. The number of hydrogen-bond donors (Lipinski definition) is 0. The lowest BCUT2D eigenvalue weighted by Crippen LogP contribution is -2.44. The summed E-state index contributed by atoms with van der Waals surface area (Å²) in [7, 11) is 1.89. The number of amides is 1. The van der Waals surface area contributed by atoms with Gasteiger partial charge in [-0.25, -0.2) is 9.97 Å². The lowest BCUT2D eigenvalue weighted by molar-refractivity contribution is -0.135. The molecule has 1 aliphatic rings. The molecule has 0 aliphatic carbocycles. The number of hydrogen-bond acceptors (Lipinski definition) is 4. The first-order valence-electron chi connectivity index (χ1n) is 10.5. The molecule has 0 unspecified atom stereocenters. The summed E-state index contributed by atoms with van der Waals surface area (Å²) in [5, 5.41) is 0. The molecule has 0 radical (unpaired) electrons. The van der Waals surface area contributed by atoms with Crippen LogP contribution in [0, 0.1) is 12.8 Å². The van der Waals surface area contributed by atoms with E-state index < -0.39 is 0 Å². The van der Waals surface area contributed by atoms with E-state index in [2.05, 4.69) is 58.2 Å². The average Bonchev–Trinajstić information content (AvgIpc) is 2.80. The molecule has 1 aromatic heterocycles. The largest absolute Gasteiger partial charge is 0.341 e. The quantitative estimate of drug-likeness (QED) is 0.640. The summed E-state index contributed by atoms with van der Waals surface area (Å²) in [6.07, 6.45) is 5.63. The predicted molar refractivity (Wildman–Crippen MR) is 120 cm³/mol. The minimum Gasteiger partial charge on any atom is -0.341 e. The average molecular weight is 401 g/mol. The van der Waals surface area contributed by atoms with Crippen molar-refractivity contribution in [2.75, 3.05) is 25.0 Å². The van der Waals surface area contributed by atoms with E-state index in [0.29, 0.717) is 19.0 Å². The third-order valence-electron chi connectivity index (χ3n) is 5.72. The van der Waals surface area contributed by atoms with Crippen LogP contribution in [0.1, 0.15) is 24.0 Å². The summed E-state index contributed by atoms with van der Waals surface area (Å²) in [6.45, 7) is 4.27. The van der Waals surface area contributed by atoms with Gasteiger partial charge < -0.3 is 9.80 Å². The third kappa shape index (κ3) is 4.67. The van der Waals surface area contributed by atoms with Gasteiger partial charge in [0.2, 0.25) is 11.9 Å². The van der Waals surface area contributed by atoms with Gasteiger partial charge in [-0.15, -0.1) is 0 Å². The Morgan fingerprint density at radius 3 is 2.43 bits per heavy atom. The van der Waals surface area contributed by atoms with E-state index in [1.54, 1.807) is 0 Å². The van der Waals surface area contributed by atoms with Crippen LogP contribution in [0.5, 0.6) is 0 Å². The first kappa shape index (κ1) is 20.1. The first-order chi connectivity index (χ1) is 14.6. The molecular weight excluding hydrogens is 372 g/mol. The summed E-state index contributed by atoms with van der Waals surface area (Å²) in [4.78, 5) is 26.2. The molecule has 1 aliphatic heterocycles. The maximum absolute atomic E-state index is 13.0. The second-order valence-electron chi connectivity index (χ2n) is 8.10. The number of anilines is 1. The molecule has 3 aromatic rings. The molecule has 0 spiro atoms. The summed E-state index contributed by atoms with van der Waals surface area (Å²) in [5.41, 5.74) is 4.50. The number of carbonyl (C=O) groups excluding carboxylic acids is 1. The number of aromatic nitrogens is 2. The minimum absolute atomic E-state index is 0.0205. The van der Waals surface area contributed by atoms with Crippen molar-refractivity contribution in [1.29, 1.82) is 0 Å². The van der Waals surface area contributed by atoms with Crippen molar-refractivity contribution in [3.8, 4) is 11.1 Å². The van der Waals surface area contributed by atoms with Crippen molar-refractivity contribution in [2.45, 2.75) is 26.3 Å². The van der Waals surface area contributed by atoms with Crippen LogP contribution in [0.3, 0.4) is 0 Å². The van der Waals surface area contributed by atoms with E-state index in [0.717, 1.165) is 36.1 Å². The maximum Gasteiger partial charge on any atom is 0.227 e. The molecule has 1 amide bonds. The Morgan fingerprint density at radius 2 is 1.73 bits per heavy atom. The highest BCUT2D eigenvalue weighted by Gasteiger charge is 2.29. The predicted octanol–water partition coefficient (Wildman–Crippen LogP) is 4.33. The number of carbonyl (C=O) groups is 1. The Balaban J connectivity index is 1.40. The van der Waals surface area contributed by atoms with Gasteiger partial charge in [-0.05, 0) is 30.9 Å². The highest BCUT2D eigenvalue weighted by molar-refractivity contribution is 5.79. The zero-order valence-corrected chi connectivity index (χ0v) is 17.7. The first-order valence-corrected chi connectivity index (χ1v) is 10.5. The zero-order valence-electron chi connectivity index (χ0n) is 17.7. The van der Waals surface area contributed by atoms with Crippen LogP contribution >= 0.6 is 0 Å². The van der Waals surface area contributed by atoms with Crippen LogP contribution in [-0.4, -0.2) is 40.9 Å². The van der Waals surface area contributed by atoms with Crippen molar-refractivity contribution < 1.29 is 4.79 Å². The van der Waals surface area contributed by atoms with Crippen LogP contribution in [0.4, 0.5) is 5.95 Å². The van der Waals surface area contributed by atoms with Gasteiger partial charge in [-0.2, -0.15) is 0 Å². The minimum atomic E-state index is -0.0205. The molecule has 1 atom stereocenters. The van der Waals surface area contributed by atoms with E-state index in [1.807, 2.05) is 42.5 Å². The van der Waals surface area contributed by atoms with Crippen LogP contribution < -0.4 is 4.90 Å². The summed E-state index contributed by atoms with van der Waals surface area (Å²) >= 11 is 0. The van der Waals surface area contributed by atoms with Crippen LogP contribution in [0.15, 0.2) is 67.0 Å². The standard InChI is InChI=1S/C25H28N4O/c1-19-10-12-21(13-11-19)23-15-26-25(27-16-23)29-14-6-9-22(18-29)24(30)28(2)17-20-7-4-3-5-8-20/h3-5,7-8,10-13,15-16,22H,6,9,14,17-18H2,1-2H3/t22-/m1/s1. The molecule has 0 saturated carbocycles. The van der Waals surface area contributed by atoms with E-state index in [9.17, 15) is 4.79 Å². The molecule has 154 valence electrons. The van der Waals surface area contributed by atoms with Crippen molar-refractivity contribution >= 4 is 11.9 Å². The van der Waals surface area contributed by atoms with Gasteiger partial charge >= 0.3 is 0 Å². The number of rotatable bonds is 5.